The van der Waals surface area contributed by atoms with E-state index in [2.05, 4.69) is 121 Å². The van der Waals surface area contributed by atoms with Gasteiger partial charge in [0, 0.05) is 0 Å². The maximum absolute atomic E-state index is 2.48. The fourth-order valence-electron chi connectivity index (χ4n) is 6.04. The van der Waals surface area contributed by atoms with E-state index in [-0.39, 0.29) is 46.1 Å². The molecular formula is C36H32Hf. The van der Waals surface area contributed by atoms with Crippen LogP contribution in [0.15, 0.2) is 121 Å². The maximum atomic E-state index is 2.48. The second-order valence-electron chi connectivity index (χ2n) is 9.77. The van der Waals surface area contributed by atoms with Gasteiger partial charge in [-0.1, -0.05) is 90.3 Å². The first-order chi connectivity index (χ1) is 16.8. The molecule has 0 nitrogen and oxygen atoms in total. The molecule has 37 heavy (non-hydrogen) atoms. The maximum Gasteiger partial charge on any atom is 4.00 e. The SMILES string of the molecule is [CH3-].[CH3-].[Hf+4].c1ccc(-c2cccc3[cH-]c(C4(c5cc6c(-c7ccccc7)cccc6[cH-]5)CCC4)cc23)cc1. The van der Waals surface area contributed by atoms with E-state index < -0.39 is 0 Å². The Labute approximate surface area is 240 Å². The Morgan fingerprint density at radius 2 is 0.946 bits per heavy atom. The molecule has 1 aliphatic carbocycles. The first-order valence-electron chi connectivity index (χ1n) is 12.3. The van der Waals surface area contributed by atoms with Crippen molar-refractivity contribution in [1.82, 2.24) is 0 Å². The van der Waals surface area contributed by atoms with E-state index in [1.165, 1.54) is 74.2 Å². The van der Waals surface area contributed by atoms with Crippen LogP contribution < -0.4 is 0 Å². The molecule has 0 aliphatic heterocycles. The third-order valence-electron chi connectivity index (χ3n) is 7.98. The number of benzene rings is 4. The third-order valence-corrected chi connectivity index (χ3v) is 7.98. The fourth-order valence-corrected chi connectivity index (χ4v) is 6.04. The van der Waals surface area contributed by atoms with E-state index in [1.54, 1.807) is 0 Å². The Bertz CT molecular complexity index is 1490. The summed E-state index contributed by atoms with van der Waals surface area (Å²) in [6.45, 7) is 0. The summed E-state index contributed by atoms with van der Waals surface area (Å²) >= 11 is 0. The van der Waals surface area contributed by atoms with Gasteiger partial charge in [0.25, 0.3) is 0 Å². The van der Waals surface area contributed by atoms with E-state index in [9.17, 15) is 0 Å². The van der Waals surface area contributed by atoms with E-state index in [4.69, 9.17) is 0 Å². The smallest absolute Gasteiger partial charge is 0.358 e. The average Bonchev–Trinajstić information content (AvgIpc) is 3.49. The zero-order chi connectivity index (χ0) is 22.5. The molecule has 1 fully saturated rings. The van der Waals surface area contributed by atoms with Crippen molar-refractivity contribution in [2.24, 2.45) is 0 Å². The molecule has 0 unspecified atom stereocenters. The Morgan fingerprint density at radius 1 is 0.514 bits per heavy atom. The molecule has 180 valence electrons. The second-order valence-corrected chi connectivity index (χ2v) is 9.77. The van der Waals surface area contributed by atoms with Gasteiger partial charge in [-0.25, -0.2) is 0 Å². The summed E-state index contributed by atoms with van der Waals surface area (Å²) in [6, 6.07) is 44.9. The fraction of sp³-hybridized carbons (Fsp3) is 0.111. The predicted molar refractivity (Wildman–Crippen MR) is 157 cm³/mol. The van der Waals surface area contributed by atoms with Gasteiger partial charge in [-0.05, 0) is 29.4 Å². The van der Waals surface area contributed by atoms with Gasteiger partial charge in [0.05, 0.1) is 0 Å². The number of fused-ring (bicyclic) bond motifs is 2. The topological polar surface area (TPSA) is 0 Å². The molecule has 0 heterocycles. The van der Waals surface area contributed by atoms with Gasteiger partial charge >= 0.3 is 25.8 Å². The number of hydrogen-bond acceptors (Lipinski definition) is 0. The van der Waals surface area contributed by atoms with E-state index in [0.29, 0.717) is 0 Å². The van der Waals surface area contributed by atoms with Crippen molar-refractivity contribution >= 4 is 21.5 Å². The van der Waals surface area contributed by atoms with Gasteiger partial charge in [-0.3, -0.25) is 0 Å². The minimum Gasteiger partial charge on any atom is -0.358 e. The van der Waals surface area contributed by atoms with Crippen molar-refractivity contribution in [2.75, 3.05) is 0 Å². The zero-order valence-electron chi connectivity index (χ0n) is 21.7. The van der Waals surface area contributed by atoms with Crippen LogP contribution in [0, 0.1) is 14.9 Å². The molecular weight excluding hydrogens is 611 g/mol. The minimum absolute atomic E-state index is 0. The van der Waals surface area contributed by atoms with Crippen LogP contribution in [0.3, 0.4) is 0 Å². The van der Waals surface area contributed by atoms with Crippen LogP contribution in [0.1, 0.15) is 30.4 Å². The first kappa shape index (κ1) is 27.0. The minimum atomic E-state index is 0. The van der Waals surface area contributed by atoms with Crippen molar-refractivity contribution in [1.29, 1.82) is 0 Å². The van der Waals surface area contributed by atoms with Crippen molar-refractivity contribution in [3.63, 3.8) is 0 Å². The summed E-state index contributed by atoms with van der Waals surface area (Å²) in [7, 11) is 0. The molecule has 6 aromatic carbocycles. The normalized spacial score (nSPS) is 13.7. The van der Waals surface area contributed by atoms with E-state index >= 15 is 0 Å². The van der Waals surface area contributed by atoms with Crippen molar-refractivity contribution in [3.05, 3.63) is 147 Å². The summed E-state index contributed by atoms with van der Waals surface area (Å²) in [5.74, 6) is 0. The van der Waals surface area contributed by atoms with Crippen molar-refractivity contribution < 1.29 is 25.8 Å². The Kier molecular flexibility index (Phi) is 7.85. The summed E-state index contributed by atoms with van der Waals surface area (Å²) in [4.78, 5) is 0. The van der Waals surface area contributed by atoms with Crippen molar-refractivity contribution in [2.45, 2.75) is 24.7 Å². The molecule has 1 aliphatic rings. The Morgan fingerprint density at radius 3 is 1.32 bits per heavy atom. The molecule has 1 saturated carbocycles. The van der Waals surface area contributed by atoms with Gasteiger partial charge in [0.1, 0.15) is 0 Å². The molecule has 1 heteroatoms. The van der Waals surface area contributed by atoms with Crippen LogP contribution in [0.25, 0.3) is 43.8 Å². The molecule has 6 aromatic rings. The van der Waals surface area contributed by atoms with Crippen LogP contribution in [-0.2, 0) is 31.3 Å². The first-order valence-corrected chi connectivity index (χ1v) is 12.3. The van der Waals surface area contributed by atoms with Crippen LogP contribution in [0.4, 0.5) is 0 Å². The summed E-state index contributed by atoms with van der Waals surface area (Å²) in [6.07, 6.45) is 3.74. The van der Waals surface area contributed by atoms with Gasteiger partial charge in [0.2, 0.25) is 0 Å². The van der Waals surface area contributed by atoms with Gasteiger partial charge < -0.3 is 14.9 Å². The predicted octanol–water partition coefficient (Wildman–Crippen LogP) is 10.1. The quantitative estimate of drug-likeness (QED) is 0.133. The third kappa shape index (κ3) is 4.38. The molecule has 0 amide bonds. The van der Waals surface area contributed by atoms with Crippen molar-refractivity contribution in [3.8, 4) is 22.3 Å². The monoisotopic (exact) mass is 644 g/mol. The Balaban J connectivity index is 0.00000107. The summed E-state index contributed by atoms with van der Waals surface area (Å²) < 4.78 is 0. The summed E-state index contributed by atoms with van der Waals surface area (Å²) in [5, 5.41) is 5.44. The Hall–Kier alpha value is -3.03. The van der Waals surface area contributed by atoms with Crippen LogP contribution in [-0.4, -0.2) is 0 Å². The van der Waals surface area contributed by atoms with E-state index in [1.807, 2.05) is 0 Å². The molecule has 0 N–H and O–H groups in total. The molecule has 0 bridgehead atoms. The molecule has 7 rings (SSSR count). The molecule has 0 atom stereocenters. The van der Waals surface area contributed by atoms with Crippen LogP contribution in [0.5, 0.6) is 0 Å². The van der Waals surface area contributed by atoms with Crippen LogP contribution >= 0.6 is 0 Å². The van der Waals surface area contributed by atoms with Gasteiger partial charge in [0.15, 0.2) is 0 Å². The van der Waals surface area contributed by atoms with Gasteiger partial charge in [-0.15, -0.1) is 69.1 Å². The standard InChI is InChI=1S/C34H26.2CH3.Hf/c1-3-10-24(11-4-1)30-16-7-14-26-20-28(22-32(26)30)34(18-9-19-34)29-21-27-15-8-17-31(33(27)23-29)25-12-5-2-6-13-25;;;/h1-8,10-17,20-23H,9,18-19H2;2*1H3;/q-2;2*-1;+4. The molecule has 0 saturated heterocycles. The molecule has 0 aromatic heterocycles. The molecule has 0 spiro atoms. The molecule has 0 radical (unpaired) electrons. The van der Waals surface area contributed by atoms with Gasteiger partial charge in [-0.2, -0.15) is 12.1 Å². The second kappa shape index (κ2) is 10.8. The zero-order valence-corrected chi connectivity index (χ0v) is 25.3. The van der Waals surface area contributed by atoms with E-state index in [0.717, 1.165) is 0 Å². The number of hydrogen-bond donors (Lipinski definition) is 0. The van der Waals surface area contributed by atoms with Crippen LogP contribution in [0.2, 0.25) is 0 Å². The number of rotatable bonds is 4. The summed E-state index contributed by atoms with van der Waals surface area (Å²) in [5.41, 5.74) is 8.33. The average molecular weight is 643 g/mol. The largest absolute Gasteiger partial charge is 4.00 e.